The zero-order valence-corrected chi connectivity index (χ0v) is 17.9. The molecule has 4 rings (SSSR count). The molecule has 0 saturated carbocycles. The first-order valence-corrected chi connectivity index (χ1v) is 11.4. The van der Waals surface area contributed by atoms with Crippen LogP contribution in [0, 0.1) is 6.92 Å². The normalized spacial score (nSPS) is 16.5. The van der Waals surface area contributed by atoms with Gasteiger partial charge in [-0.15, -0.1) is 0 Å². The molecule has 28 heavy (non-hydrogen) atoms. The molecule has 1 aliphatic heterocycles. The quantitative estimate of drug-likeness (QED) is 0.597. The fraction of sp³-hybridized carbons (Fsp3) is 0.300. The Kier molecular flexibility index (Phi) is 5.46. The molecule has 1 fully saturated rings. The summed E-state index contributed by atoms with van der Waals surface area (Å²) in [6, 6.07) is 14.6. The summed E-state index contributed by atoms with van der Waals surface area (Å²) < 4.78 is 28.1. The summed E-state index contributed by atoms with van der Waals surface area (Å²) in [5.41, 5.74) is 3.65. The molecule has 2 heterocycles. The number of halogens is 1. The van der Waals surface area contributed by atoms with Crippen molar-refractivity contribution in [2.75, 3.05) is 26.2 Å². The molecule has 6 nitrogen and oxygen atoms in total. The second-order valence-electron chi connectivity index (χ2n) is 6.88. The van der Waals surface area contributed by atoms with Crippen molar-refractivity contribution in [1.29, 1.82) is 0 Å². The Hall–Kier alpha value is -1.87. The standard InChI is InChI=1S/C20H21BrN4O2S/c1-15-20(23-19-5-3-2-4-18(19)22-15)14-24-10-12-25(13-11-24)28(26,27)17-8-6-16(21)7-9-17/h2-9H,10-14H2,1H3. The van der Waals surface area contributed by atoms with E-state index in [-0.39, 0.29) is 0 Å². The van der Waals surface area contributed by atoms with Crippen LogP contribution < -0.4 is 0 Å². The number of para-hydroxylation sites is 2. The molecule has 0 radical (unpaired) electrons. The van der Waals surface area contributed by atoms with Gasteiger partial charge in [-0.1, -0.05) is 28.1 Å². The highest BCUT2D eigenvalue weighted by molar-refractivity contribution is 9.10. The molecule has 0 spiro atoms. The first-order valence-electron chi connectivity index (χ1n) is 9.14. The highest BCUT2D eigenvalue weighted by Crippen LogP contribution is 2.21. The molecular formula is C20H21BrN4O2S. The number of sulfonamides is 1. The number of nitrogens with zero attached hydrogens (tertiary/aromatic N) is 4. The van der Waals surface area contributed by atoms with Gasteiger partial charge in [0.15, 0.2) is 0 Å². The van der Waals surface area contributed by atoms with E-state index in [1.165, 1.54) is 0 Å². The number of benzene rings is 2. The van der Waals surface area contributed by atoms with Gasteiger partial charge in [-0.3, -0.25) is 4.90 Å². The monoisotopic (exact) mass is 460 g/mol. The van der Waals surface area contributed by atoms with Crippen LogP contribution in [0.5, 0.6) is 0 Å². The maximum Gasteiger partial charge on any atom is 0.243 e. The Labute approximate surface area is 173 Å². The molecule has 1 aliphatic rings. The van der Waals surface area contributed by atoms with Crippen LogP contribution in [-0.4, -0.2) is 53.8 Å². The Bertz CT molecular complexity index is 1090. The number of aromatic nitrogens is 2. The number of rotatable bonds is 4. The number of aryl methyl sites for hydroxylation is 1. The largest absolute Gasteiger partial charge is 0.295 e. The summed E-state index contributed by atoms with van der Waals surface area (Å²) in [6.45, 7) is 4.93. The third kappa shape index (κ3) is 3.96. The summed E-state index contributed by atoms with van der Waals surface area (Å²) in [5.74, 6) is 0. The highest BCUT2D eigenvalue weighted by Gasteiger charge is 2.28. The molecule has 0 atom stereocenters. The van der Waals surface area contributed by atoms with E-state index in [9.17, 15) is 8.42 Å². The van der Waals surface area contributed by atoms with Crippen molar-refractivity contribution in [2.24, 2.45) is 0 Å². The van der Waals surface area contributed by atoms with Gasteiger partial charge in [0.2, 0.25) is 10.0 Å². The molecule has 2 aromatic carbocycles. The lowest BCUT2D eigenvalue weighted by Gasteiger charge is -2.33. The van der Waals surface area contributed by atoms with Gasteiger partial charge in [-0.05, 0) is 43.3 Å². The maximum atomic E-state index is 12.8. The molecule has 0 unspecified atom stereocenters. The van der Waals surface area contributed by atoms with Crippen LogP contribution in [0.1, 0.15) is 11.4 Å². The average Bonchev–Trinajstić information content (AvgIpc) is 2.69. The minimum atomic E-state index is -3.45. The van der Waals surface area contributed by atoms with Crippen LogP contribution in [0.15, 0.2) is 57.9 Å². The van der Waals surface area contributed by atoms with Crippen molar-refractivity contribution in [1.82, 2.24) is 19.2 Å². The SMILES string of the molecule is Cc1nc2ccccc2nc1CN1CCN(S(=O)(=O)c2ccc(Br)cc2)CC1. The van der Waals surface area contributed by atoms with Crippen molar-refractivity contribution in [3.05, 3.63) is 64.4 Å². The first kappa shape index (κ1) is 19.4. The molecular weight excluding hydrogens is 440 g/mol. The topological polar surface area (TPSA) is 66.4 Å². The summed E-state index contributed by atoms with van der Waals surface area (Å²) in [6.07, 6.45) is 0. The Morgan fingerprint density at radius 3 is 2.18 bits per heavy atom. The fourth-order valence-corrected chi connectivity index (χ4v) is 5.06. The third-order valence-electron chi connectivity index (χ3n) is 5.00. The summed E-state index contributed by atoms with van der Waals surface area (Å²) in [5, 5.41) is 0. The summed E-state index contributed by atoms with van der Waals surface area (Å²) in [4.78, 5) is 12.0. The molecule has 0 N–H and O–H groups in total. The third-order valence-corrected chi connectivity index (χ3v) is 7.44. The van der Waals surface area contributed by atoms with E-state index in [1.807, 2.05) is 31.2 Å². The van der Waals surface area contributed by atoms with Crippen molar-refractivity contribution in [3.8, 4) is 0 Å². The summed E-state index contributed by atoms with van der Waals surface area (Å²) in [7, 11) is -3.45. The van der Waals surface area contributed by atoms with Crippen molar-refractivity contribution in [3.63, 3.8) is 0 Å². The zero-order chi connectivity index (χ0) is 19.7. The van der Waals surface area contributed by atoms with E-state index in [0.29, 0.717) is 37.6 Å². The number of piperazine rings is 1. The number of hydrogen-bond donors (Lipinski definition) is 0. The fourth-order valence-electron chi connectivity index (χ4n) is 3.37. The lowest BCUT2D eigenvalue weighted by molar-refractivity contribution is 0.179. The zero-order valence-electron chi connectivity index (χ0n) is 15.5. The Morgan fingerprint density at radius 1 is 0.929 bits per heavy atom. The second-order valence-corrected chi connectivity index (χ2v) is 9.73. The van der Waals surface area contributed by atoms with Crippen molar-refractivity contribution >= 4 is 37.0 Å². The molecule has 0 amide bonds. The van der Waals surface area contributed by atoms with Crippen molar-refractivity contribution in [2.45, 2.75) is 18.4 Å². The lowest BCUT2D eigenvalue weighted by Crippen LogP contribution is -2.48. The van der Waals surface area contributed by atoms with Gasteiger partial charge in [0.25, 0.3) is 0 Å². The summed E-state index contributed by atoms with van der Waals surface area (Å²) >= 11 is 3.34. The van der Waals surface area contributed by atoms with Crippen LogP contribution in [0.3, 0.4) is 0 Å². The highest BCUT2D eigenvalue weighted by atomic mass is 79.9. The predicted molar refractivity (Wildman–Crippen MR) is 112 cm³/mol. The van der Waals surface area contributed by atoms with Crippen LogP contribution in [0.4, 0.5) is 0 Å². The van der Waals surface area contributed by atoms with Gasteiger partial charge >= 0.3 is 0 Å². The molecule has 8 heteroatoms. The van der Waals surface area contributed by atoms with E-state index in [1.54, 1.807) is 28.6 Å². The molecule has 0 aliphatic carbocycles. The van der Waals surface area contributed by atoms with Crippen LogP contribution >= 0.6 is 15.9 Å². The van der Waals surface area contributed by atoms with Gasteiger partial charge in [0.05, 0.1) is 27.3 Å². The van der Waals surface area contributed by atoms with Gasteiger partial charge in [0.1, 0.15) is 0 Å². The van der Waals surface area contributed by atoms with Crippen LogP contribution in [0.25, 0.3) is 11.0 Å². The van der Waals surface area contributed by atoms with E-state index >= 15 is 0 Å². The maximum absolute atomic E-state index is 12.8. The van der Waals surface area contributed by atoms with E-state index in [2.05, 4.69) is 25.8 Å². The van der Waals surface area contributed by atoms with Gasteiger partial charge in [0, 0.05) is 37.2 Å². The van der Waals surface area contributed by atoms with E-state index in [4.69, 9.17) is 4.98 Å². The van der Waals surface area contributed by atoms with Gasteiger partial charge < -0.3 is 0 Å². The van der Waals surface area contributed by atoms with E-state index in [0.717, 1.165) is 26.9 Å². The Morgan fingerprint density at radius 2 is 1.54 bits per heavy atom. The second kappa shape index (κ2) is 7.87. The number of fused-ring (bicyclic) bond motifs is 1. The molecule has 3 aromatic rings. The van der Waals surface area contributed by atoms with Crippen LogP contribution in [-0.2, 0) is 16.6 Å². The van der Waals surface area contributed by atoms with E-state index < -0.39 is 10.0 Å². The minimum absolute atomic E-state index is 0.334. The predicted octanol–water partition coefficient (Wildman–Crippen LogP) is 3.21. The molecule has 1 aromatic heterocycles. The van der Waals surface area contributed by atoms with Crippen molar-refractivity contribution < 1.29 is 8.42 Å². The molecule has 0 bridgehead atoms. The lowest BCUT2D eigenvalue weighted by atomic mass is 10.2. The Balaban J connectivity index is 1.44. The first-order chi connectivity index (χ1) is 13.4. The average molecular weight is 461 g/mol. The van der Waals surface area contributed by atoms with Gasteiger partial charge in [-0.25, -0.2) is 18.4 Å². The minimum Gasteiger partial charge on any atom is -0.295 e. The molecule has 146 valence electrons. The number of hydrogen-bond acceptors (Lipinski definition) is 5. The smallest absolute Gasteiger partial charge is 0.243 e. The van der Waals surface area contributed by atoms with Crippen LogP contribution in [0.2, 0.25) is 0 Å². The molecule has 1 saturated heterocycles. The van der Waals surface area contributed by atoms with Gasteiger partial charge in [-0.2, -0.15) is 4.31 Å².